The van der Waals surface area contributed by atoms with E-state index < -0.39 is 11.8 Å². The molecule has 0 atom stereocenters. The number of nitrogens with two attached hydrogens (primary N) is 1. The third-order valence-corrected chi connectivity index (χ3v) is 2.25. The summed E-state index contributed by atoms with van der Waals surface area (Å²) < 4.78 is 0. The maximum absolute atomic E-state index is 11.4. The first-order valence-electron chi connectivity index (χ1n) is 4.42. The Bertz CT molecular complexity index is 280. The van der Waals surface area contributed by atoms with E-state index in [-0.39, 0.29) is 11.5 Å². The fourth-order valence-corrected chi connectivity index (χ4v) is 1.51. The van der Waals surface area contributed by atoms with Gasteiger partial charge in [0, 0.05) is 19.6 Å². The van der Waals surface area contributed by atoms with Gasteiger partial charge in [0.2, 0.25) is 0 Å². The average Bonchev–Trinajstić information content (AvgIpc) is 2.13. The van der Waals surface area contributed by atoms with Crippen LogP contribution >= 0.6 is 12.2 Å². The Morgan fingerprint density at radius 1 is 1.36 bits per heavy atom. The van der Waals surface area contributed by atoms with Crippen molar-refractivity contribution in [2.75, 3.05) is 26.2 Å². The maximum Gasteiger partial charge on any atom is 0.312 e. The molecule has 0 aliphatic carbocycles. The first-order valence-corrected chi connectivity index (χ1v) is 4.83. The largest absolute Gasteiger partial charge is 0.392 e. The van der Waals surface area contributed by atoms with Crippen molar-refractivity contribution in [2.45, 2.75) is 6.92 Å². The molecule has 1 aliphatic heterocycles. The van der Waals surface area contributed by atoms with Gasteiger partial charge in [-0.25, -0.2) is 0 Å². The molecule has 78 valence electrons. The van der Waals surface area contributed by atoms with Crippen molar-refractivity contribution in [1.82, 2.24) is 9.80 Å². The van der Waals surface area contributed by atoms with Gasteiger partial charge in [0.25, 0.3) is 0 Å². The Hall–Kier alpha value is -1.17. The highest BCUT2D eigenvalue weighted by atomic mass is 32.1. The highest BCUT2D eigenvalue weighted by Gasteiger charge is 2.31. The van der Waals surface area contributed by atoms with Crippen LogP contribution in [0, 0.1) is 0 Å². The summed E-state index contributed by atoms with van der Waals surface area (Å²) in [4.78, 5) is 26.0. The molecule has 0 aromatic heterocycles. The first-order chi connectivity index (χ1) is 6.56. The SMILES string of the molecule is CCN1CCN(CC(N)=S)C(=O)C1=O. The van der Waals surface area contributed by atoms with Gasteiger partial charge < -0.3 is 15.5 Å². The molecule has 2 N–H and O–H groups in total. The summed E-state index contributed by atoms with van der Waals surface area (Å²) in [7, 11) is 0. The zero-order chi connectivity index (χ0) is 10.7. The lowest BCUT2D eigenvalue weighted by atomic mass is 10.3. The molecule has 2 amide bonds. The number of likely N-dealkylation sites (N-methyl/N-ethyl adjacent to an activating group) is 1. The number of carbonyl (C=O) groups is 2. The minimum atomic E-state index is -0.508. The molecule has 0 bridgehead atoms. The van der Waals surface area contributed by atoms with Crippen LogP contribution in [0.5, 0.6) is 0 Å². The van der Waals surface area contributed by atoms with Crippen molar-refractivity contribution in [3.05, 3.63) is 0 Å². The molecule has 6 heteroatoms. The van der Waals surface area contributed by atoms with Crippen LogP contribution in [0.15, 0.2) is 0 Å². The van der Waals surface area contributed by atoms with E-state index in [1.165, 1.54) is 9.80 Å². The topological polar surface area (TPSA) is 66.6 Å². The number of carbonyl (C=O) groups excluding carboxylic acids is 2. The molecule has 1 aliphatic rings. The monoisotopic (exact) mass is 215 g/mol. The summed E-state index contributed by atoms with van der Waals surface area (Å²) in [6.45, 7) is 3.66. The summed E-state index contributed by atoms with van der Waals surface area (Å²) in [6, 6.07) is 0. The van der Waals surface area contributed by atoms with Gasteiger partial charge in [-0.1, -0.05) is 12.2 Å². The first kappa shape index (κ1) is 10.9. The van der Waals surface area contributed by atoms with E-state index in [9.17, 15) is 9.59 Å². The smallest absolute Gasteiger partial charge is 0.312 e. The van der Waals surface area contributed by atoms with Crippen LogP contribution < -0.4 is 5.73 Å². The Kier molecular flexibility index (Phi) is 3.40. The van der Waals surface area contributed by atoms with Gasteiger partial charge in [-0.05, 0) is 6.92 Å². The Balaban J connectivity index is 2.64. The van der Waals surface area contributed by atoms with E-state index in [2.05, 4.69) is 12.2 Å². The second kappa shape index (κ2) is 4.36. The van der Waals surface area contributed by atoms with E-state index >= 15 is 0 Å². The average molecular weight is 215 g/mol. The van der Waals surface area contributed by atoms with E-state index in [4.69, 9.17) is 5.73 Å². The lowest BCUT2D eigenvalue weighted by Gasteiger charge is -2.32. The number of hydrogen-bond acceptors (Lipinski definition) is 3. The molecule has 1 fully saturated rings. The van der Waals surface area contributed by atoms with E-state index in [1.807, 2.05) is 6.92 Å². The van der Waals surface area contributed by atoms with Gasteiger partial charge in [0.1, 0.15) is 0 Å². The van der Waals surface area contributed by atoms with Crippen molar-refractivity contribution in [3.8, 4) is 0 Å². The van der Waals surface area contributed by atoms with Gasteiger partial charge >= 0.3 is 11.8 Å². The molecule has 0 spiro atoms. The number of nitrogens with zero attached hydrogens (tertiary/aromatic N) is 2. The van der Waals surface area contributed by atoms with Gasteiger partial charge in [-0.3, -0.25) is 9.59 Å². The summed E-state index contributed by atoms with van der Waals surface area (Å²) in [5.41, 5.74) is 5.31. The highest BCUT2D eigenvalue weighted by molar-refractivity contribution is 7.80. The zero-order valence-corrected chi connectivity index (χ0v) is 8.84. The number of rotatable bonds is 3. The molecular formula is C8H13N3O2S. The lowest BCUT2D eigenvalue weighted by Crippen LogP contribution is -2.55. The number of piperazine rings is 1. The van der Waals surface area contributed by atoms with Crippen LogP contribution in [0.25, 0.3) is 0 Å². The van der Waals surface area contributed by atoms with Crippen molar-refractivity contribution in [2.24, 2.45) is 5.73 Å². The third kappa shape index (κ3) is 2.20. The normalized spacial score (nSPS) is 17.5. The van der Waals surface area contributed by atoms with Crippen molar-refractivity contribution < 1.29 is 9.59 Å². The number of hydrogen-bond donors (Lipinski definition) is 1. The predicted molar refractivity (Wildman–Crippen MR) is 55.6 cm³/mol. The second-order valence-corrected chi connectivity index (χ2v) is 3.60. The Morgan fingerprint density at radius 2 is 1.86 bits per heavy atom. The molecule has 1 rings (SSSR count). The molecular weight excluding hydrogens is 202 g/mol. The van der Waals surface area contributed by atoms with Crippen molar-refractivity contribution >= 4 is 29.0 Å². The zero-order valence-electron chi connectivity index (χ0n) is 8.02. The van der Waals surface area contributed by atoms with Gasteiger partial charge in [-0.2, -0.15) is 0 Å². The van der Waals surface area contributed by atoms with E-state index in [1.54, 1.807) is 0 Å². The molecule has 0 radical (unpaired) electrons. The fraction of sp³-hybridized carbons (Fsp3) is 0.625. The minimum absolute atomic E-state index is 0.192. The molecule has 5 nitrogen and oxygen atoms in total. The minimum Gasteiger partial charge on any atom is -0.392 e. The molecule has 1 saturated heterocycles. The quantitative estimate of drug-likeness (QED) is 0.482. The molecule has 14 heavy (non-hydrogen) atoms. The summed E-state index contributed by atoms with van der Waals surface area (Å²) in [6.07, 6.45) is 0. The predicted octanol–water partition coefficient (Wildman–Crippen LogP) is -1.04. The van der Waals surface area contributed by atoms with Crippen molar-refractivity contribution in [3.63, 3.8) is 0 Å². The van der Waals surface area contributed by atoms with E-state index in [0.29, 0.717) is 19.6 Å². The molecule has 1 heterocycles. The van der Waals surface area contributed by atoms with Crippen LogP contribution in [-0.2, 0) is 9.59 Å². The summed E-state index contributed by atoms with van der Waals surface area (Å²) in [5, 5.41) is 0. The summed E-state index contributed by atoms with van der Waals surface area (Å²) >= 11 is 4.68. The van der Waals surface area contributed by atoms with Gasteiger partial charge in [0.15, 0.2) is 0 Å². The van der Waals surface area contributed by atoms with Crippen LogP contribution in [0.2, 0.25) is 0 Å². The Labute approximate surface area is 87.8 Å². The van der Waals surface area contributed by atoms with Gasteiger partial charge in [0.05, 0.1) is 11.5 Å². The standard InChI is InChI=1S/C8H13N3O2S/c1-2-10-3-4-11(5-6(9)14)8(13)7(10)12/h2-5H2,1H3,(H2,9,14). The Morgan fingerprint density at radius 3 is 2.36 bits per heavy atom. The number of amides is 2. The maximum atomic E-state index is 11.4. The number of thiocarbonyl (C=S) groups is 1. The summed E-state index contributed by atoms with van der Waals surface area (Å²) in [5.74, 6) is -0.971. The van der Waals surface area contributed by atoms with Crippen LogP contribution in [0.1, 0.15) is 6.92 Å². The molecule has 0 unspecified atom stereocenters. The molecule has 0 aromatic rings. The second-order valence-electron chi connectivity index (χ2n) is 3.08. The van der Waals surface area contributed by atoms with Crippen LogP contribution in [0.4, 0.5) is 0 Å². The molecule has 0 saturated carbocycles. The van der Waals surface area contributed by atoms with Gasteiger partial charge in [-0.15, -0.1) is 0 Å². The molecule has 0 aromatic carbocycles. The third-order valence-electron chi connectivity index (χ3n) is 2.13. The van der Waals surface area contributed by atoms with Crippen molar-refractivity contribution in [1.29, 1.82) is 0 Å². The fourth-order valence-electron chi connectivity index (χ4n) is 1.36. The highest BCUT2D eigenvalue weighted by Crippen LogP contribution is 2.04. The van der Waals surface area contributed by atoms with E-state index in [0.717, 1.165) is 0 Å². The van der Waals surface area contributed by atoms with Crippen LogP contribution in [0.3, 0.4) is 0 Å². The lowest BCUT2D eigenvalue weighted by molar-refractivity contribution is -0.155. The van der Waals surface area contributed by atoms with Crippen LogP contribution in [-0.4, -0.2) is 52.8 Å².